The van der Waals surface area contributed by atoms with E-state index in [0.717, 1.165) is 11.1 Å². The maximum atomic E-state index is 13.1. The van der Waals surface area contributed by atoms with Crippen LogP contribution in [0, 0.1) is 12.7 Å². The summed E-state index contributed by atoms with van der Waals surface area (Å²) in [6.45, 7) is 1.72. The van der Waals surface area contributed by atoms with Crippen molar-refractivity contribution in [3.63, 3.8) is 0 Å². The van der Waals surface area contributed by atoms with E-state index < -0.39 is 0 Å². The number of hydrogen-bond acceptors (Lipinski definition) is 4. The van der Waals surface area contributed by atoms with Crippen molar-refractivity contribution >= 4 is 11.6 Å². The lowest BCUT2D eigenvalue weighted by atomic mass is 10.1. The third-order valence-corrected chi connectivity index (χ3v) is 3.45. The average molecular weight is 325 g/mol. The highest BCUT2D eigenvalue weighted by Gasteiger charge is 2.08. The molecule has 0 aliphatic carbocycles. The molecule has 1 aromatic heterocycles. The Labute approximate surface area is 138 Å². The number of nitrogens with one attached hydrogen (secondary N) is 1. The van der Waals surface area contributed by atoms with Crippen LogP contribution in [0.2, 0.25) is 0 Å². The van der Waals surface area contributed by atoms with Crippen molar-refractivity contribution in [1.29, 1.82) is 0 Å². The smallest absolute Gasteiger partial charge is 0.247 e. The van der Waals surface area contributed by atoms with E-state index in [1.807, 2.05) is 6.07 Å². The minimum Gasteiger partial charge on any atom is -0.421 e. The first kappa shape index (κ1) is 15.9. The number of aromatic nitrogens is 2. The number of anilines is 1. The van der Waals surface area contributed by atoms with Gasteiger partial charge in [0.1, 0.15) is 5.82 Å². The van der Waals surface area contributed by atoms with Crippen molar-refractivity contribution < 1.29 is 13.6 Å². The minimum absolute atomic E-state index is 0.141. The first-order valence-electron chi connectivity index (χ1n) is 7.55. The quantitative estimate of drug-likeness (QED) is 0.775. The number of aryl methyl sites for hydroxylation is 2. The van der Waals surface area contributed by atoms with E-state index in [9.17, 15) is 9.18 Å². The lowest BCUT2D eigenvalue weighted by molar-refractivity contribution is -0.116. The van der Waals surface area contributed by atoms with Crippen molar-refractivity contribution in [3.8, 4) is 11.5 Å². The number of nitrogens with zero attached hydrogens (tertiary/aromatic N) is 2. The SMILES string of the molecule is Cc1nnc(-c2cccc(NC(=O)CCc3cccc(F)c3)c2)o1. The van der Waals surface area contributed by atoms with Gasteiger partial charge in [0.25, 0.3) is 0 Å². The second kappa shape index (κ2) is 7.04. The third-order valence-electron chi connectivity index (χ3n) is 3.45. The highest BCUT2D eigenvalue weighted by atomic mass is 19.1. The van der Waals surface area contributed by atoms with Crippen LogP contribution in [-0.2, 0) is 11.2 Å². The molecule has 5 nitrogen and oxygen atoms in total. The molecule has 0 aliphatic heterocycles. The van der Waals surface area contributed by atoms with Gasteiger partial charge in [-0.15, -0.1) is 10.2 Å². The van der Waals surface area contributed by atoms with Crippen molar-refractivity contribution in [3.05, 3.63) is 65.8 Å². The highest BCUT2D eigenvalue weighted by Crippen LogP contribution is 2.21. The molecule has 0 spiro atoms. The fourth-order valence-corrected chi connectivity index (χ4v) is 2.32. The van der Waals surface area contributed by atoms with Gasteiger partial charge < -0.3 is 9.73 Å². The summed E-state index contributed by atoms with van der Waals surface area (Å²) in [5.41, 5.74) is 2.17. The van der Waals surface area contributed by atoms with Gasteiger partial charge in [-0.05, 0) is 42.3 Å². The van der Waals surface area contributed by atoms with Gasteiger partial charge in [0, 0.05) is 24.6 Å². The molecule has 2 aromatic carbocycles. The van der Waals surface area contributed by atoms with Crippen LogP contribution in [0.15, 0.2) is 52.9 Å². The molecule has 0 saturated carbocycles. The van der Waals surface area contributed by atoms with Gasteiger partial charge in [-0.3, -0.25) is 4.79 Å². The lowest BCUT2D eigenvalue weighted by Crippen LogP contribution is -2.12. The van der Waals surface area contributed by atoms with Crippen LogP contribution in [-0.4, -0.2) is 16.1 Å². The normalized spacial score (nSPS) is 10.6. The molecule has 1 heterocycles. The summed E-state index contributed by atoms with van der Waals surface area (Å²) in [6.07, 6.45) is 0.749. The largest absolute Gasteiger partial charge is 0.421 e. The summed E-state index contributed by atoms with van der Waals surface area (Å²) in [7, 11) is 0. The fraction of sp³-hybridized carbons (Fsp3) is 0.167. The Hall–Kier alpha value is -3.02. The van der Waals surface area contributed by atoms with Gasteiger partial charge in [0.05, 0.1) is 0 Å². The molecule has 1 amide bonds. The van der Waals surface area contributed by atoms with Crippen molar-refractivity contribution in [2.75, 3.05) is 5.32 Å². The summed E-state index contributed by atoms with van der Waals surface area (Å²) >= 11 is 0. The summed E-state index contributed by atoms with van der Waals surface area (Å²) in [6, 6.07) is 13.4. The molecular formula is C18H16FN3O2. The van der Waals surface area contributed by atoms with Crippen molar-refractivity contribution in [2.24, 2.45) is 0 Å². The highest BCUT2D eigenvalue weighted by molar-refractivity contribution is 5.91. The van der Waals surface area contributed by atoms with E-state index in [-0.39, 0.29) is 18.1 Å². The van der Waals surface area contributed by atoms with Crippen LogP contribution in [0.3, 0.4) is 0 Å². The van der Waals surface area contributed by atoms with Gasteiger partial charge in [-0.1, -0.05) is 18.2 Å². The molecule has 3 rings (SSSR count). The summed E-state index contributed by atoms with van der Waals surface area (Å²) in [4.78, 5) is 12.1. The van der Waals surface area contributed by atoms with Crippen LogP contribution in [0.25, 0.3) is 11.5 Å². The molecule has 0 saturated heterocycles. The Bertz CT molecular complexity index is 861. The Balaban J connectivity index is 1.62. The number of hydrogen-bond donors (Lipinski definition) is 1. The molecule has 122 valence electrons. The maximum absolute atomic E-state index is 13.1. The standard InChI is InChI=1S/C18H16FN3O2/c1-12-21-22-18(24-12)14-5-3-7-16(11-14)20-17(23)9-8-13-4-2-6-15(19)10-13/h2-7,10-11H,8-9H2,1H3,(H,20,23). The van der Waals surface area contributed by atoms with Crippen LogP contribution >= 0.6 is 0 Å². The fourth-order valence-electron chi connectivity index (χ4n) is 2.32. The number of amides is 1. The predicted molar refractivity (Wildman–Crippen MR) is 87.8 cm³/mol. The zero-order chi connectivity index (χ0) is 16.9. The van der Waals surface area contributed by atoms with Crippen molar-refractivity contribution in [2.45, 2.75) is 19.8 Å². The van der Waals surface area contributed by atoms with E-state index in [0.29, 0.717) is 23.9 Å². The zero-order valence-electron chi connectivity index (χ0n) is 13.1. The van der Waals surface area contributed by atoms with Gasteiger partial charge >= 0.3 is 0 Å². The Morgan fingerprint density at radius 1 is 1.17 bits per heavy atom. The van der Waals surface area contributed by atoms with E-state index in [4.69, 9.17) is 4.42 Å². The average Bonchev–Trinajstić information content (AvgIpc) is 3.00. The molecule has 0 fully saturated rings. The Morgan fingerprint density at radius 2 is 2.00 bits per heavy atom. The second-order valence-corrected chi connectivity index (χ2v) is 5.39. The number of carbonyl (C=O) groups is 1. The molecule has 6 heteroatoms. The van der Waals surface area contributed by atoms with E-state index in [2.05, 4.69) is 15.5 Å². The van der Waals surface area contributed by atoms with Gasteiger partial charge in [0.15, 0.2) is 0 Å². The summed E-state index contributed by atoms with van der Waals surface area (Å²) < 4.78 is 18.5. The summed E-state index contributed by atoms with van der Waals surface area (Å²) in [5, 5.41) is 10.6. The van der Waals surface area contributed by atoms with Crippen LogP contribution in [0.1, 0.15) is 17.9 Å². The predicted octanol–water partition coefficient (Wildman–Crippen LogP) is 3.76. The maximum Gasteiger partial charge on any atom is 0.247 e. The van der Waals surface area contributed by atoms with E-state index in [1.54, 1.807) is 37.3 Å². The molecule has 0 atom stereocenters. The van der Waals surface area contributed by atoms with E-state index in [1.165, 1.54) is 12.1 Å². The van der Waals surface area contributed by atoms with Crippen LogP contribution in [0.4, 0.5) is 10.1 Å². The van der Waals surface area contributed by atoms with Gasteiger partial charge in [0.2, 0.25) is 17.7 Å². The summed E-state index contributed by atoms with van der Waals surface area (Å²) in [5.74, 6) is 0.450. The molecular weight excluding hydrogens is 309 g/mol. The zero-order valence-corrected chi connectivity index (χ0v) is 13.1. The number of rotatable bonds is 5. The molecule has 0 unspecified atom stereocenters. The minimum atomic E-state index is -0.296. The Morgan fingerprint density at radius 3 is 2.75 bits per heavy atom. The second-order valence-electron chi connectivity index (χ2n) is 5.39. The van der Waals surface area contributed by atoms with Crippen LogP contribution < -0.4 is 5.32 Å². The first-order valence-corrected chi connectivity index (χ1v) is 7.55. The molecule has 0 aliphatic rings. The van der Waals surface area contributed by atoms with Crippen molar-refractivity contribution in [1.82, 2.24) is 10.2 Å². The number of halogens is 1. The van der Waals surface area contributed by atoms with Gasteiger partial charge in [-0.25, -0.2) is 4.39 Å². The molecule has 0 bridgehead atoms. The molecule has 24 heavy (non-hydrogen) atoms. The molecule has 3 aromatic rings. The topological polar surface area (TPSA) is 68.0 Å². The van der Waals surface area contributed by atoms with E-state index >= 15 is 0 Å². The first-order chi connectivity index (χ1) is 11.6. The molecule has 1 N–H and O–H groups in total. The Kier molecular flexibility index (Phi) is 4.65. The molecule has 0 radical (unpaired) electrons. The van der Waals surface area contributed by atoms with Gasteiger partial charge in [-0.2, -0.15) is 0 Å². The lowest BCUT2D eigenvalue weighted by Gasteiger charge is -2.06. The third kappa shape index (κ3) is 4.04. The number of benzene rings is 2. The monoisotopic (exact) mass is 325 g/mol. The van der Waals surface area contributed by atoms with Crippen LogP contribution in [0.5, 0.6) is 0 Å². The number of carbonyl (C=O) groups excluding carboxylic acids is 1.